The standard InChI is InChI=1S/C29H34N8/c1-7-14-35(19-23-9-11-24(12-10-23)36-15-8-13-31-36)27-17-21(3)32-29-28(22(4)33-37(27)29)25-18-30-26(34(5)6)16-20(25)2/h8-13,15-18H,7,14,19H2,1-6H3. The van der Waals surface area contributed by atoms with E-state index < -0.39 is 0 Å². The van der Waals surface area contributed by atoms with Crippen molar-refractivity contribution in [2.75, 3.05) is 30.4 Å². The van der Waals surface area contributed by atoms with Crippen LogP contribution in [0, 0.1) is 20.8 Å². The number of aryl methyl sites for hydroxylation is 3. The molecule has 1 aromatic carbocycles. The van der Waals surface area contributed by atoms with Crippen LogP contribution < -0.4 is 9.80 Å². The summed E-state index contributed by atoms with van der Waals surface area (Å²) in [6.45, 7) is 10.1. The molecule has 0 radical (unpaired) electrons. The van der Waals surface area contributed by atoms with Crippen LogP contribution in [0.15, 0.2) is 61.1 Å². The summed E-state index contributed by atoms with van der Waals surface area (Å²) in [4.78, 5) is 14.0. The Labute approximate surface area is 218 Å². The molecule has 0 aliphatic rings. The summed E-state index contributed by atoms with van der Waals surface area (Å²) >= 11 is 0. The van der Waals surface area contributed by atoms with Crippen molar-refractivity contribution in [1.82, 2.24) is 29.4 Å². The predicted molar refractivity (Wildman–Crippen MR) is 150 cm³/mol. The Hall–Kier alpha value is -4.20. The quantitative estimate of drug-likeness (QED) is 0.288. The van der Waals surface area contributed by atoms with Crippen molar-refractivity contribution in [3.63, 3.8) is 0 Å². The molecule has 0 unspecified atom stereocenters. The molecule has 0 amide bonds. The van der Waals surface area contributed by atoms with Gasteiger partial charge in [0.15, 0.2) is 5.65 Å². The summed E-state index contributed by atoms with van der Waals surface area (Å²) in [6, 6.07) is 14.8. The fourth-order valence-corrected chi connectivity index (χ4v) is 4.75. The van der Waals surface area contributed by atoms with Gasteiger partial charge in [0, 0.05) is 63.1 Å². The van der Waals surface area contributed by atoms with Crippen LogP contribution in [0.1, 0.15) is 35.9 Å². The number of nitrogens with zero attached hydrogens (tertiary/aromatic N) is 8. The number of hydrogen-bond donors (Lipinski definition) is 0. The minimum Gasteiger partial charge on any atom is -0.363 e. The molecular weight excluding hydrogens is 460 g/mol. The Balaban J connectivity index is 1.55. The molecule has 0 bridgehead atoms. The van der Waals surface area contributed by atoms with E-state index >= 15 is 0 Å². The van der Waals surface area contributed by atoms with Gasteiger partial charge in [-0.15, -0.1) is 0 Å². The van der Waals surface area contributed by atoms with Gasteiger partial charge in [-0.2, -0.15) is 14.7 Å². The van der Waals surface area contributed by atoms with E-state index in [1.165, 1.54) is 5.56 Å². The zero-order valence-corrected chi connectivity index (χ0v) is 22.5. The van der Waals surface area contributed by atoms with Gasteiger partial charge in [0.2, 0.25) is 0 Å². The smallest absolute Gasteiger partial charge is 0.165 e. The van der Waals surface area contributed by atoms with Crippen LogP contribution >= 0.6 is 0 Å². The third-order valence-corrected chi connectivity index (χ3v) is 6.59. The lowest BCUT2D eigenvalue weighted by atomic mass is 10.0. The number of rotatable bonds is 8. The molecule has 4 aromatic heterocycles. The highest BCUT2D eigenvalue weighted by Crippen LogP contribution is 2.33. The third kappa shape index (κ3) is 4.79. The number of benzene rings is 1. The Morgan fingerprint density at radius 2 is 1.78 bits per heavy atom. The molecule has 0 atom stereocenters. The Morgan fingerprint density at radius 1 is 1.00 bits per heavy atom. The van der Waals surface area contributed by atoms with E-state index in [9.17, 15) is 0 Å². The second-order valence-corrected chi connectivity index (χ2v) is 9.74. The van der Waals surface area contributed by atoms with Crippen molar-refractivity contribution in [3.8, 4) is 16.8 Å². The topological polar surface area (TPSA) is 67.4 Å². The minimum absolute atomic E-state index is 0.776. The van der Waals surface area contributed by atoms with Crippen LogP contribution in [0.5, 0.6) is 0 Å². The van der Waals surface area contributed by atoms with Gasteiger partial charge >= 0.3 is 0 Å². The average Bonchev–Trinajstić information content (AvgIpc) is 3.52. The van der Waals surface area contributed by atoms with E-state index in [2.05, 4.69) is 79.1 Å². The zero-order valence-electron chi connectivity index (χ0n) is 22.5. The zero-order chi connectivity index (χ0) is 26.1. The van der Waals surface area contributed by atoms with Crippen molar-refractivity contribution in [3.05, 3.63) is 83.6 Å². The summed E-state index contributed by atoms with van der Waals surface area (Å²) in [5.74, 6) is 1.98. The fraction of sp³-hybridized carbons (Fsp3) is 0.310. The maximum absolute atomic E-state index is 4.98. The molecule has 37 heavy (non-hydrogen) atoms. The van der Waals surface area contributed by atoms with Crippen LogP contribution in [0.25, 0.3) is 22.5 Å². The number of anilines is 2. The first-order valence-electron chi connectivity index (χ1n) is 12.7. The van der Waals surface area contributed by atoms with Gasteiger partial charge in [0.1, 0.15) is 11.6 Å². The lowest BCUT2D eigenvalue weighted by Crippen LogP contribution is -2.26. The van der Waals surface area contributed by atoms with E-state index in [1.54, 1.807) is 6.20 Å². The predicted octanol–water partition coefficient (Wildman–Crippen LogP) is 5.38. The van der Waals surface area contributed by atoms with Crippen molar-refractivity contribution in [1.29, 1.82) is 0 Å². The van der Waals surface area contributed by atoms with Gasteiger partial charge in [0.25, 0.3) is 0 Å². The summed E-state index contributed by atoms with van der Waals surface area (Å²) in [5, 5.41) is 9.32. The molecule has 0 saturated heterocycles. The molecule has 0 saturated carbocycles. The highest BCUT2D eigenvalue weighted by Gasteiger charge is 2.21. The monoisotopic (exact) mass is 494 g/mol. The molecule has 0 spiro atoms. The maximum Gasteiger partial charge on any atom is 0.165 e. The van der Waals surface area contributed by atoms with Crippen LogP contribution in [0.4, 0.5) is 11.6 Å². The van der Waals surface area contributed by atoms with E-state index in [-0.39, 0.29) is 0 Å². The molecule has 0 aliphatic heterocycles. The number of hydrogen-bond acceptors (Lipinski definition) is 6. The number of pyridine rings is 1. The minimum atomic E-state index is 0.776. The second-order valence-electron chi connectivity index (χ2n) is 9.74. The number of fused-ring (bicyclic) bond motifs is 1. The fourth-order valence-electron chi connectivity index (χ4n) is 4.75. The van der Waals surface area contributed by atoms with Crippen LogP contribution in [-0.4, -0.2) is 50.0 Å². The largest absolute Gasteiger partial charge is 0.363 e. The van der Waals surface area contributed by atoms with Crippen molar-refractivity contribution in [2.24, 2.45) is 0 Å². The summed E-state index contributed by atoms with van der Waals surface area (Å²) in [5.41, 5.74) is 8.33. The van der Waals surface area contributed by atoms with Crippen LogP contribution in [0.3, 0.4) is 0 Å². The lowest BCUT2D eigenvalue weighted by Gasteiger charge is -2.25. The van der Waals surface area contributed by atoms with Gasteiger partial charge in [-0.1, -0.05) is 19.1 Å². The summed E-state index contributed by atoms with van der Waals surface area (Å²) in [7, 11) is 4.01. The van der Waals surface area contributed by atoms with Gasteiger partial charge in [-0.05, 0) is 62.6 Å². The molecule has 8 nitrogen and oxygen atoms in total. The van der Waals surface area contributed by atoms with Gasteiger partial charge in [0.05, 0.1) is 16.9 Å². The Kier molecular flexibility index (Phi) is 6.65. The second kappa shape index (κ2) is 10.0. The van der Waals surface area contributed by atoms with Gasteiger partial charge < -0.3 is 9.80 Å². The summed E-state index contributed by atoms with van der Waals surface area (Å²) < 4.78 is 3.88. The van der Waals surface area contributed by atoms with Crippen molar-refractivity contribution < 1.29 is 0 Å². The highest BCUT2D eigenvalue weighted by atomic mass is 15.4. The first kappa shape index (κ1) is 24.5. The summed E-state index contributed by atoms with van der Waals surface area (Å²) in [6.07, 6.45) is 6.72. The molecule has 0 fully saturated rings. The molecule has 0 aliphatic carbocycles. The molecule has 0 N–H and O–H groups in total. The average molecular weight is 495 g/mol. The first-order valence-corrected chi connectivity index (χ1v) is 12.7. The molecular formula is C29H34N8. The third-order valence-electron chi connectivity index (χ3n) is 6.59. The highest BCUT2D eigenvalue weighted by molar-refractivity contribution is 5.83. The molecule has 5 rings (SSSR count). The van der Waals surface area contributed by atoms with Crippen molar-refractivity contribution in [2.45, 2.75) is 40.7 Å². The van der Waals surface area contributed by atoms with Crippen LogP contribution in [-0.2, 0) is 6.54 Å². The van der Waals surface area contributed by atoms with Gasteiger partial charge in [-0.3, -0.25) is 0 Å². The molecule has 190 valence electrons. The maximum atomic E-state index is 4.98. The Morgan fingerprint density at radius 3 is 2.43 bits per heavy atom. The van der Waals surface area contributed by atoms with E-state index in [0.29, 0.717) is 0 Å². The molecule has 8 heteroatoms. The SMILES string of the molecule is CCCN(Cc1ccc(-n2cccn2)cc1)c1cc(C)nc2c(-c3cnc(N(C)C)cc3C)c(C)nn12. The molecule has 5 aromatic rings. The number of aromatic nitrogens is 6. The Bertz CT molecular complexity index is 1510. The van der Waals surface area contributed by atoms with E-state index in [0.717, 1.165) is 70.6 Å². The molecule has 4 heterocycles. The van der Waals surface area contributed by atoms with Crippen LogP contribution in [0.2, 0.25) is 0 Å². The van der Waals surface area contributed by atoms with E-state index in [1.807, 2.05) is 46.7 Å². The normalized spacial score (nSPS) is 11.3. The van der Waals surface area contributed by atoms with E-state index in [4.69, 9.17) is 10.1 Å². The first-order chi connectivity index (χ1) is 17.9. The van der Waals surface area contributed by atoms with Gasteiger partial charge in [-0.25, -0.2) is 14.6 Å². The van der Waals surface area contributed by atoms with Crippen molar-refractivity contribution >= 4 is 17.3 Å². The lowest BCUT2D eigenvalue weighted by molar-refractivity contribution is 0.728.